The van der Waals surface area contributed by atoms with Gasteiger partial charge in [0.25, 0.3) is 5.91 Å². The van der Waals surface area contributed by atoms with Gasteiger partial charge in [0.15, 0.2) is 0 Å². The van der Waals surface area contributed by atoms with Crippen molar-refractivity contribution in [1.82, 2.24) is 10.3 Å². The lowest BCUT2D eigenvalue weighted by molar-refractivity contribution is -0.0435. The van der Waals surface area contributed by atoms with E-state index in [4.69, 9.17) is 15.2 Å². The van der Waals surface area contributed by atoms with Crippen LogP contribution in [0.3, 0.4) is 0 Å². The van der Waals surface area contributed by atoms with Crippen LogP contribution in [0.1, 0.15) is 55.1 Å². The molecular formula is C21H31N3O3. The summed E-state index contributed by atoms with van der Waals surface area (Å²) in [5.41, 5.74) is 7.33. The predicted molar refractivity (Wildman–Crippen MR) is 104 cm³/mol. The molecule has 1 saturated carbocycles. The van der Waals surface area contributed by atoms with Crippen molar-refractivity contribution >= 4 is 5.91 Å². The largest absolute Gasteiger partial charge is 0.391 e. The van der Waals surface area contributed by atoms with Crippen molar-refractivity contribution < 1.29 is 14.3 Å². The number of carbonyl (C=O) groups excluding carboxylic acids is 1. The van der Waals surface area contributed by atoms with E-state index in [0.717, 1.165) is 57.4 Å². The summed E-state index contributed by atoms with van der Waals surface area (Å²) in [5, 5.41) is 3.54. The van der Waals surface area contributed by atoms with Crippen molar-refractivity contribution in [1.29, 1.82) is 0 Å². The van der Waals surface area contributed by atoms with Gasteiger partial charge >= 0.3 is 0 Å². The first-order valence-electron chi connectivity index (χ1n) is 9.90. The molecule has 1 aromatic heterocycles. The fraction of sp³-hybridized carbons (Fsp3) is 0.619. The van der Waals surface area contributed by atoms with Crippen LogP contribution in [-0.4, -0.2) is 37.8 Å². The second-order valence-corrected chi connectivity index (χ2v) is 7.66. The van der Waals surface area contributed by atoms with Gasteiger partial charge in [-0.05, 0) is 73.4 Å². The molecule has 1 aliphatic carbocycles. The number of primary amides is 1. The highest BCUT2D eigenvalue weighted by Crippen LogP contribution is 2.47. The molecule has 0 spiro atoms. The number of pyridine rings is 1. The molecule has 1 amide bonds. The molecule has 6 heteroatoms. The average molecular weight is 373 g/mol. The second kappa shape index (κ2) is 8.85. The Kier molecular flexibility index (Phi) is 6.50. The number of nitrogens with two attached hydrogens (primary N) is 1. The average Bonchev–Trinajstić information content (AvgIpc) is 2.69. The lowest BCUT2D eigenvalue weighted by Gasteiger charge is -2.44. The highest BCUT2D eigenvalue weighted by molar-refractivity contribution is 5.90. The molecule has 148 valence electrons. The maximum absolute atomic E-state index is 11.6. The number of methoxy groups -OCH3 is 1. The Morgan fingerprint density at radius 1 is 1.44 bits per heavy atom. The molecule has 6 nitrogen and oxygen atoms in total. The quantitative estimate of drug-likeness (QED) is 0.801. The van der Waals surface area contributed by atoms with Crippen LogP contribution in [0.4, 0.5) is 0 Å². The molecule has 27 heavy (non-hydrogen) atoms. The van der Waals surface area contributed by atoms with Crippen LogP contribution in [0, 0.1) is 11.8 Å². The van der Waals surface area contributed by atoms with Gasteiger partial charge in [-0.1, -0.05) is 6.92 Å². The van der Waals surface area contributed by atoms with E-state index in [1.807, 2.05) is 6.07 Å². The van der Waals surface area contributed by atoms with Crippen LogP contribution in [0.2, 0.25) is 0 Å². The summed E-state index contributed by atoms with van der Waals surface area (Å²) in [5.74, 6) is 0.418. The maximum atomic E-state index is 11.6. The topological polar surface area (TPSA) is 86.5 Å². The van der Waals surface area contributed by atoms with Crippen LogP contribution < -0.4 is 11.1 Å². The van der Waals surface area contributed by atoms with E-state index in [1.165, 1.54) is 5.57 Å². The van der Waals surface area contributed by atoms with Crippen LogP contribution >= 0.6 is 0 Å². The third-order valence-corrected chi connectivity index (χ3v) is 6.04. The summed E-state index contributed by atoms with van der Waals surface area (Å²) in [4.78, 5) is 15.7. The fourth-order valence-corrected chi connectivity index (χ4v) is 4.50. The highest BCUT2D eigenvalue weighted by Gasteiger charge is 2.44. The number of nitrogens with zero attached hydrogens (tertiary/aromatic N) is 1. The number of ether oxygens (including phenoxy) is 2. The molecule has 2 fully saturated rings. The molecule has 0 bridgehead atoms. The minimum atomic E-state index is -0.561. The number of hydrogen-bond acceptors (Lipinski definition) is 5. The van der Waals surface area contributed by atoms with Gasteiger partial charge in [0.2, 0.25) is 0 Å². The van der Waals surface area contributed by atoms with Gasteiger partial charge < -0.3 is 20.5 Å². The first-order chi connectivity index (χ1) is 13.1. The monoisotopic (exact) mass is 373 g/mol. The van der Waals surface area contributed by atoms with Gasteiger partial charge in [-0.3, -0.25) is 9.78 Å². The molecule has 0 radical (unpaired) electrons. The first-order valence-corrected chi connectivity index (χ1v) is 9.90. The molecule has 2 heterocycles. The molecular weight excluding hydrogens is 342 g/mol. The molecule has 2 unspecified atom stereocenters. The molecule has 1 aliphatic heterocycles. The Morgan fingerprint density at radius 2 is 2.22 bits per heavy atom. The van der Waals surface area contributed by atoms with E-state index in [0.29, 0.717) is 5.92 Å². The summed E-state index contributed by atoms with van der Waals surface area (Å²) < 4.78 is 11.6. The standard InChI is InChI=1S/C21H31N3O3/c1-15-4-3-5-18(14-23-13-16-7-10-27-11-8-16)21(15,26-2)17-6-9-24-19(12-17)20(22)25/h6,9,12,14-16,23H,3-5,7-8,10-11,13H2,1-2H3,(H2,22,25)/b18-14+. The van der Waals surface area contributed by atoms with Crippen molar-refractivity contribution in [3.63, 3.8) is 0 Å². The minimum absolute atomic E-state index is 0.274. The highest BCUT2D eigenvalue weighted by atomic mass is 16.5. The Morgan fingerprint density at radius 3 is 2.93 bits per heavy atom. The van der Waals surface area contributed by atoms with Gasteiger partial charge in [-0.25, -0.2) is 0 Å². The van der Waals surface area contributed by atoms with Gasteiger partial charge in [-0.15, -0.1) is 0 Å². The van der Waals surface area contributed by atoms with Crippen LogP contribution in [0.15, 0.2) is 30.1 Å². The normalized spacial score (nSPS) is 28.2. The van der Waals surface area contributed by atoms with E-state index in [-0.39, 0.29) is 11.6 Å². The molecule has 2 aliphatic rings. The van der Waals surface area contributed by atoms with Crippen molar-refractivity contribution in [2.45, 2.75) is 44.6 Å². The third kappa shape index (κ3) is 4.17. The van der Waals surface area contributed by atoms with Crippen LogP contribution in [0.5, 0.6) is 0 Å². The van der Waals surface area contributed by atoms with E-state index in [9.17, 15) is 4.79 Å². The summed E-state index contributed by atoms with van der Waals surface area (Å²) in [6.07, 6.45) is 9.16. The maximum Gasteiger partial charge on any atom is 0.267 e. The summed E-state index contributed by atoms with van der Waals surface area (Å²) in [7, 11) is 1.75. The number of carbonyl (C=O) groups is 1. The summed E-state index contributed by atoms with van der Waals surface area (Å²) in [6.45, 7) is 4.87. The lowest BCUT2D eigenvalue weighted by Crippen LogP contribution is -2.42. The van der Waals surface area contributed by atoms with Crippen LogP contribution in [-0.2, 0) is 15.1 Å². The van der Waals surface area contributed by atoms with Crippen molar-refractivity contribution in [3.8, 4) is 0 Å². The van der Waals surface area contributed by atoms with E-state index >= 15 is 0 Å². The van der Waals surface area contributed by atoms with Crippen molar-refractivity contribution in [2.75, 3.05) is 26.9 Å². The van der Waals surface area contributed by atoms with E-state index < -0.39 is 11.5 Å². The van der Waals surface area contributed by atoms with Crippen molar-refractivity contribution in [3.05, 3.63) is 41.4 Å². The zero-order chi connectivity index (χ0) is 19.3. The number of nitrogens with one attached hydrogen (secondary N) is 1. The minimum Gasteiger partial charge on any atom is -0.391 e. The lowest BCUT2D eigenvalue weighted by atomic mass is 9.69. The van der Waals surface area contributed by atoms with E-state index in [2.05, 4.69) is 23.4 Å². The first kappa shape index (κ1) is 19.8. The summed E-state index contributed by atoms with van der Waals surface area (Å²) in [6, 6.07) is 3.71. The van der Waals surface area contributed by atoms with Gasteiger partial charge in [0, 0.05) is 33.1 Å². The van der Waals surface area contributed by atoms with Gasteiger partial charge in [-0.2, -0.15) is 0 Å². The zero-order valence-corrected chi connectivity index (χ0v) is 16.4. The van der Waals surface area contributed by atoms with Crippen molar-refractivity contribution in [2.24, 2.45) is 17.6 Å². The molecule has 0 aromatic carbocycles. The SMILES string of the molecule is COC1(c2ccnc(C(N)=O)c2)/C(=C/NCC2CCOCC2)CCCC1C. The zero-order valence-electron chi connectivity index (χ0n) is 16.4. The second-order valence-electron chi connectivity index (χ2n) is 7.66. The third-order valence-electron chi connectivity index (χ3n) is 6.04. The number of aromatic nitrogens is 1. The van der Waals surface area contributed by atoms with Gasteiger partial charge in [0.1, 0.15) is 11.3 Å². The molecule has 3 rings (SSSR count). The number of rotatable bonds is 6. The predicted octanol–water partition coefficient (Wildman–Crippen LogP) is 2.74. The van der Waals surface area contributed by atoms with E-state index in [1.54, 1.807) is 19.4 Å². The van der Waals surface area contributed by atoms with Crippen LogP contribution in [0.25, 0.3) is 0 Å². The molecule has 3 N–H and O–H groups in total. The molecule has 2 atom stereocenters. The molecule has 1 aromatic rings. The molecule has 1 saturated heterocycles. The van der Waals surface area contributed by atoms with Gasteiger partial charge in [0.05, 0.1) is 0 Å². The fourth-order valence-electron chi connectivity index (χ4n) is 4.50. The Bertz CT molecular complexity index is 685. The Balaban J connectivity index is 1.87. The Hall–Kier alpha value is -1.92. The Labute approximate surface area is 161 Å². The number of hydrogen-bond donors (Lipinski definition) is 2. The smallest absolute Gasteiger partial charge is 0.267 e. The summed E-state index contributed by atoms with van der Waals surface area (Å²) >= 11 is 0. The number of amides is 1.